The molecule has 0 spiro atoms. The van der Waals surface area contributed by atoms with Crippen molar-refractivity contribution in [3.05, 3.63) is 29.8 Å². The van der Waals surface area contributed by atoms with E-state index in [0.717, 1.165) is 18.0 Å². The summed E-state index contributed by atoms with van der Waals surface area (Å²) in [7, 11) is -0.407. The van der Waals surface area contributed by atoms with Crippen LogP contribution < -0.4 is 10.6 Å². The van der Waals surface area contributed by atoms with E-state index in [1.807, 2.05) is 0 Å². The van der Waals surface area contributed by atoms with E-state index in [4.69, 9.17) is 0 Å². The molecule has 0 atom stereocenters. The summed E-state index contributed by atoms with van der Waals surface area (Å²) in [6, 6.07) is 6.55. The largest absolute Gasteiger partial charge is 0.351 e. The SMILES string of the molecule is CN(C)S(=O)(=O)c1ccc(CNC(=O)CNCC2CC2)cc1. The Morgan fingerprint density at radius 1 is 1.23 bits per heavy atom. The number of nitrogens with zero attached hydrogens (tertiary/aromatic N) is 1. The summed E-state index contributed by atoms with van der Waals surface area (Å²) in [6.07, 6.45) is 2.52. The normalized spacial score (nSPS) is 15.0. The van der Waals surface area contributed by atoms with Crippen molar-refractivity contribution in [1.29, 1.82) is 0 Å². The average molecular weight is 325 g/mol. The fourth-order valence-electron chi connectivity index (χ4n) is 1.97. The third-order valence-corrected chi connectivity index (χ3v) is 5.44. The van der Waals surface area contributed by atoms with E-state index in [-0.39, 0.29) is 10.8 Å². The third-order valence-electron chi connectivity index (χ3n) is 3.61. The lowest BCUT2D eigenvalue weighted by Crippen LogP contribution is -2.34. The summed E-state index contributed by atoms with van der Waals surface area (Å²) >= 11 is 0. The molecule has 0 aromatic heterocycles. The molecule has 0 unspecified atom stereocenters. The number of carbonyl (C=O) groups excluding carboxylic acids is 1. The molecule has 22 heavy (non-hydrogen) atoms. The van der Waals surface area contributed by atoms with E-state index in [9.17, 15) is 13.2 Å². The van der Waals surface area contributed by atoms with Crippen molar-refractivity contribution in [1.82, 2.24) is 14.9 Å². The Kier molecular flexibility index (Phi) is 5.55. The number of nitrogens with one attached hydrogen (secondary N) is 2. The number of benzene rings is 1. The van der Waals surface area contributed by atoms with Gasteiger partial charge in [0.2, 0.25) is 15.9 Å². The molecule has 0 saturated heterocycles. The molecule has 1 fully saturated rings. The minimum atomic E-state index is -3.40. The Morgan fingerprint density at radius 2 is 1.86 bits per heavy atom. The molecule has 1 aliphatic rings. The van der Waals surface area contributed by atoms with Gasteiger partial charge in [-0.15, -0.1) is 0 Å². The fourth-order valence-corrected chi connectivity index (χ4v) is 2.87. The van der Waals surface area contributed by atoms with Gasteiger partial charge in [0.1, 0.15) is 0 Å². The monoisotopic (exact) mass is 325 g/mol. The lowest BCUT2D eigenvalue weighted by molar-refractivity contribution is -0.120. The second kappa shape index (κ2) is 7.21. The van der Waals surface area contributed by atoms with Crippen LogP contribution in [-0.2, 0) is 21.4 Å². The molecule has 0 heterocycles. The van der Waals surface area contributed by atoms with Gasteiger partial charge in [-0.3, -0.25) is 4.79 Å². The van der Waals surface area contributed by atoms with Gasteiger partial charge < -0.3 is 10.6 Å². The van der Waals surface area contributed by atoms with Crippen LogP contribution in [0.4, 0.5) is 0 Å². The van der Waals surface area contributed by atoms with Gasteiger partial charge in [-0.1, -0.05) is 12.1 Å². The van der Waals surface area contributed by atoms with Gasteiger partial charge in [0.05, 0.1) is 11.4 Å². The first-order valence-corrected chi connectivity index (χ1v) is 8.82. The van der Waals surface area contributed by atoms with Gasteiger partial charge in [0, 0.05) is 20.6 Å². The van der Waals surface area contributed by atoms with Crippen LogP contribution in [0, 0.1) is 5.92 Å². The summed E-state index contributed by atoms with van der Waals surface area (Å²) in [6.45, 7) is 1.63. The van der Waals surface area contributed by atoms with E-state index in [2.05, 4.69) is 10.6 Å². The molecule has 1 amide bonds. The molecule has 2 rings (SSSR count). The minimum absolute atomic E-state index is 0.0503. The topological polar surface area (TPSA) is 78.5 Å². The van der Waals surface area contributed by atoms with Crippen LogP contribution in [0.2, 0.25) is 0 Å². The van der Waals surface area contributed by atoms with Crippen molar-refractivity contribution in [3.63, 3.8) is 0 Å². The molecule has 2 N–H and O–H groups in total. The Morgan fingerprint density at radius 3 is 2.41 bits per heavy atom. The summed E-state index contributed by atoms with van der Waals surface area (Å²) in [4.78, 5) is 11.9. The predicted molar refractivity (Wildman–Crippen MR) is 84.8 cm³/mol. The second-order valence-corrected chi connectivity index (χ2v) is 7.93. The molecule has 7 heteroatoms. The smallest absolute Gasteiger partial charge is 0.242 e. The number of carbonyl (C=O) groups is 1. The van der Waals surface area contributed by atoms with E-state index in [1.165, 1.54) is 31.2 Å². The van der Waals surface area contributed by atoms with Crippen LogP contribution in [0.1, 0.15) is 18.4 Å². The molecule has 122 valence electrons. The molecule has 6 nitrogen and oxygen atoms in total. The zero-order chi connectivity index (χ0) is 16.2. The van der Waals surface area contributed by atoms with Crippen LogP contribution in [0.3, 0.4) is 0 Å². The third kappa shape index (κ3) is 4.79. The Bertz CT molecular complexity index is 607. The minimum Gasteiger partial charge on any atom is -0.351 e. The summed E-state index contributed by atoms with van der Waals surface area (Å²) in [5.74, 6) is 0.699. The zero-order valence-electron chi connectivity index (χ0n) is 13.0. The second-order valence-electron chi connectivity index (χ2n) is 5.78. The molecule has 0 bridgehead atoms. The Labute approximate surface area is 131 Å². The summed E-state index contributed by atoms with van der Waals surface area (Å²) < 4.78 is 25.0. The molecule has 0 aliphatic heterocycles. The van der Waals surface area contributed by atoms with Crippen molar-refractivity contribution < 1.29 is 13.2 Å². The van der Waals surface area contributed by atoms with Gasteiger partial charge in [-0.05, 0) is 43.0 Å². The first-order valence-electron chi connectivity index (χ1n) is 7.38. The fraction of sp³-hybridized carbons (Fsp3) is 0.533. The van der Waals surface area contributed by atoms with Gasteiger partial charge in [0.25, 0.3) is 0 Å². The van der Waals surface area contributed by atoms with Gasteiger partial charge in [0.15, 0.2) is 0 Å². The van der Waals surface area contributed by atoms with Crippen LogP contribution >= 0.6 is 0 Å². The van der Waals surface area contributed by atoms with Gasteiger partial charge in [-0.2, -0.15) is 0 Å². The average Bonchev–Trinajstić information content (AvgIpc) is 3.29. The van der Waals surface area contributed by atoms with E-state index >= 15 is 0 Å². The van der Waals surface area contributed by atoms with E-state index in [1.54, 1.807) is 24.3 Å². The van der Waals surface area contributed by atoms with Crippen molar-refractivity contribution in [2.75, 3.05) is 27.2 Å². The number of hydrogen-bond donors (Lipinski definition) is 2. The number of hydrogen-bond acceptors (Lipinski definition) is 4. The first kappa shape index (κ1) is 16.9. The molecular weight excluding hydrogens is 302 g/mol. The van der Waals surface area contributed by atoms with Crippen LogP contribution in [0.5, 0.6) is 0 Å². The molecular formula is C15H23N3O3S. The lowest BCUT2D eigenvalue weighted by atomic mass is 10.2. The quantitative estimate of drug-likeness (QED) is 0.732. The lowest BCUT2D eigenvalue weighted by Gasteiger charge is -2.12. The Hall–Kier alpha value is -1.44. The maximum Gasteiger partial charge on any atom is 0.242 e. The van der Waals surface area contributed by atoms with Crippen LogP contribution in [0.15, 0.2) is 29.2 Å². The predicted octanol–water partition coefficient (Wildman–Crippen LogP) is 0.553. The van der Waals surface area contributed by atoms with Crippen LogP contribution in [-0.4, -0.2) is 45.8 Å². The van der Waals surface area contributed by atoms with Gasteiger partial charge >= 0.3 is 0 Å². The van der Waals surface area contributed by atoms with Crippen molar-refractivity contribution in [3.8, 4) is 0 Å². The molecule has 1 saturated carbocycles. The summed E-state index contributed by atoms with van der Waals surface area (Å²) in [5.41, 5.74) is 0.869. The van der Waals surface area contributed by atoms with Crippen molar-refractivity contribution in [2.45, 2.75) is 24.3 Å². The standard InChI is InChI=1S/C15H23N3O3S/c1-18(2)22(20,21)14-7-5-13(6-8-14)10-17-15(19)11-16-9-12-3-4-12/h5-8,12,16H,3-4,9-11H2,1-2H3,(H,17,19). The van der Waals surface area contributed by atoms with Crippen molar-refractivity contribution in [2.24, 2.45) is 5.92 Å². The van der Waals surface area contributed by atoms with Gasteiger partial charge in [-0.25, -0.2) is 12.7 Å². The van der Waals surface area contributed by atoms with Crippen molar-refractivity contribution >= 4 is 15.9 Å². The summed E-state index contributed by atoms with van der Waals surface area (Å²) in [5, 5.41) is 5.94. The highest BCUT2D eigenvalue weighted by molar-refractivity contribution is 7.89. The van der Waals surface area contributed by atoms with E-state index in [0.29, 0.717) is 13.1 Å². The zero-order valence-corrected chi connectivity index (χ0v) is 13.8. The number of sulfonamides is 1. The number of amides is 1. The Balaban J connectivity index is 1.79. The first-order chi connectivity index (χ1) is 10.4. The molecule has 1 aromatic carbocycles. The highest BCUT2D eigenvalue weighted by Gasteiger charge is 2.20. The number of rotatable bonds is 8. The van der Waals surface area contributed by atoms with Crippen LogP contribution in [0.25, 0.3) is 0 Å². The molecule has 1 aliphatic carbocycles. The highest BCUT2D eigenvalue weighted by Crippen LogP contribution is 2.27. The maximum absolute atomic E-state index is 11.9. The van der Waals surface area contributed by atoms with E-state index < -0.39 is 10.0 Å². The molecule has 1 aromatic rings. The molecule has 0 radical (unpaired) electrons. The maximum atomic E-state index is 11.9. The highest BCUT2D eigenvalue weighted by atomic mass is 32.2.